The van der Waals surface area contributed by atoms with Gasteiger partial charge >= 0.3 is 0 Å². The van der Waals surface area contributed by atoms with Gasteiger partial charge in [-0.15, -0.1) is 0 Å². The van der Waals surface area contributed by atoms with E-state index in [0.29, 0.717) is 6.61 Å². The molecule has 1 aliphatic rings. The molecule has 0 spiro atoms. The van der Waals surface area contributed by atoms with Crippen LogP contribution in [0.3, 0.4) is 0 Å². The van der Waals surface area contributed by atoms with Crippen LogP contribution in [0.1, 0.15) is 12.5 Å². The SMILES string of the molecule is [3H][C@@H]1O[C@@](CO)(COCc2ccccc2)C(OCc2ccccc2)[C@@H]1O. The Labute approximate surface area is 149 Å². The first-order valence-corrected chi connectivity index (χ1v) is 8.31. The first kappa shape index (κ1) is 16.7. The summed E-state index contributed by atoms with van der Waals surface area (Å²) in [5.74, 6) is 0. The monoisotopic (exact) mass is 346 g/mol. The van der Waals surface area contributed by atoms with Crippen molar-refractivity contribution in [3.8, 4) is 0 Å². The number of ether oxygens (including phenoxy) is 3. The highest BCUT2D eigenvalue weighted by atomic mass is 16.6. The molecule has 2 aromatic carbocycles. The highest BCUT2D eigenvalue weighted by molar-refractivity contribution is 5.14. The maximum atomic E-state index is 10.3. The third kappa shape index (κ3) is 4.45. The molecule has 5 nitrogen and oxygen atoms in total. The van der Waals surface area contributed by atoms with Gasteiger partial charge in [0.15, 0.2) is 0 Å². The quantitative estimate of drug-likeness (QED) is 0.764. The molecule has 1 saturated heterocycles. The summed E-state index contributed by atoms with van der Waals surface area (Å²) in [4.78, 5) is 0. The number of aliphatic hydroxyl groups excluding tert-OH is 2. The second-order valence-electron chi connectivity index (χ2n) is 6.16. The number of hydrogen-bond acceptors (Lipinski definition) is 5. The predicted molar refractivity (Wildman–Crippen MR) is 92.9 cm³/mol. The Balaban J connectivity index is 1.65. The maximum absolute atomic E-state index is 10.3. The van der Waals surface area contributed by atoms with Crippen molar-refractivity contribution >= 4 is 0 Å². The lowest BCUT2D eigenvalue weighted by Crippen LogP contribution is -2.51. The fourth-order valence-corrected chi connectivity index (χ4v) is 2.87. The summed E-state index contributed by atoms with van der Waals surface area (Å²) >= 11 is 0. The van der Waals surface area contributed by atoms with E-state index in [4.69, 9.17) is 15.6 Å². The van der Waals surface area contributed by atoms with Crippen molar-refractivity contribution in [2.24, 2.45) is 0 Å². The van der Waals surface area contributed by atoms with Crippen LogP contribution in [-0.2, 0) is 27.4 Å². The van der Waals surface area contributed by atoms with Crippen molar-refractivity contribution in [3.63, 3.8) is 0 Å². The first-order chi connectivity index (χ1) is 12.6. The molecule has 0 saturated carbocycles. The van der Waals surface area contributed by atoms with Crippen molar-refractivity contribution in [2.45, 2.75) is 31.0 Å². The Morgan fingerprint density at radius 2 is 1.64 bits per heavy atom. The lowest BCUT2D eigenvalue weighted by Gasteiger charge is -2.32. The largest absolute Gasteiger partial charge is 0.393 e. The van der Waals surface area contributed by atoms with Gasteiger partial charge < -0.3 is 24.4 Å². The minimum atomic E-state index is -1.27. The minimum Gasteiger partial charge on any atom is -0.393 e. The van der Waals surface area contributed by atoms with E-state index in [-0.39, 0.29) is 13.2 Å². The van der Waals surface area contributed by atoms with Crippen molar-refractivity contribution in [1.82, 2.24) is 0 Å². The molecule has 5 heteroatoms. The van der Waals surface area contributed by atoms with Gasteiger partial charge in [0.1, 0.15) is 17.8 Å². The van der Waals surface area contributed by atoms with E-state index in [1.54, 1.807) is 0 Å². The lowest BCUT2D eigenvalue weighted by molar-refractivity contribution is -0.158. The number of benzene rings is 2. The van der Waals surface area contributed by atoms with Crippen LogP contribution >= 0.6 is 0 Å². The Morgan fingerprint density at radius 3 is 2.24 bits per heavy atom. The molecule has 1 heterocycles. The first-order valence-electron chi connectivity index (χ1n) is 8.88. The molecule has 0 amide bonds. The normalized spacial score (nSPS) is 29.5. The van der Waals surface area contributed by atoms with Crippen LogP contribution in [0, 0.1) is 0 Å². The van der Waals surface area contributed by atoms with Crippen LogP contribution in [0.5, 0.6) is 0 Å². The summed E-state index contributed by atoms with van der Waals surface area (Å²) in [7, 11) is 0. The summed E-state index contributed by atoms with van der Waals surface area (Å²) in [6.45, 7) is -0.990. The van der Waals surface area contributed by atoms with Gasteiger partial charge in [-0.25, -0.2) is 0 Å². The molecule has 4 atom stereocenters. The van der Waals surface area contributed by atoms with Crippen LogP contribution < -0.4 is 0 Å². The predicted octanol–water partition coefficient (Wildman–Crippen LogP) is 1.91. The molecule has 2 N–H and O–H groups in total. The Bertz CT molecular complexity index is 668. The number of hydrogen-bond donors (Lipinski definition) is 2. The summed E-state index contributed by atoms with van der Waals surface area (Å²) in [5.41, 5.74) is 0.656. The topological polar surface area (TPSA) is 68.2 Å². The molecule has 3 rings (SSSR count). The molecule has 0 aliphatic carbocycles. The van der Waals surface area contributed by atoms with E-state index in [1.807, 2.05) is 60.7 Å². The van der Waals surface area contributed by atoms with E-state index in [0.717, 1.165) is 11.1 Å². The van der Waals surface area contributed by atoms with E-state index in [1.165, 1.54) is 0 Å². The third-order valence-electron chi connectivity index (χ3n) is 4.27. The zero-order valence-corrected chi connectivity index (χ0v) is 14.0. The van der Waals surface area contributed by atoms with Crippen LogP contribution in [0.2, 0.25) is 0 Å². The van der Waals surface area contributed by atoms with Gasteiger partial charge in [-0.2, -0.15) is 0 Å². The van der Waals surface area contributed by atoms with Gasteiger partial charge in [-0.1, -0.05) is 60.7 Å². The Morgan fingerprint density at radius 1 is 1.04 bits per heavy atom. The Hall–Kier alpha value is -1.76. The molecule has 0 bridgehead atoms. The second-order valence-corrected chi connectivity index (χ2v) is 6.16. The average molecular weight is 346 g/mol. The lowest BCUT2D eigenvalue weighted by atomic mass is 9.97. The van der Waals surface area contributed by atoms with Gasteiger partial charge in [0.05, 0.1) is 34.4 Å². The summed E-state index contributed by atoms with van der Waals surface area (Å²) in [5, 5.41) is 20.3. The van der Waals surface area contributed by atoms with Crippen molar-refractivity contribution in [1.29, 1.82) is 0 Å². The highest BCUT2D eigenvalue weighted by Gasteiger charge is 2.50. The summed E-state index contributed by atoms with van der Waals surface area (Å²) < 4.78 is 25.0. The zero-order chi connectivity index (χ0) is 18.4. The summed E-state index contributed by atoms with van der Waals surface area (Å²) in [6, 6.07) is 19.2. The molecular weight excluding hydrogens is 320 g/mol. The van der Waals surface area contributed by atoms with Crippen molar-refractivity contribution in [3.05, 3.63) is 71.8 Å². The molecule has 1 unspecified atom stereocenters. The number of aliphatic hydroxyl groups is 2. The van der Waals surface area contributed by atoms with Crippen LogP contribution in [0.15, 0.2) is 60.7 Å². The third-order valence-corrected chi connectivity index (χ3v) is 4.27. The maximum Gasteiger partial charge on any atom is 0.143 e. The molecule has 1 aliphatic heterocycles. The van der Waals surface area contributed by atoms with Gasteiger partial charge in [0.25, 0.3) is 0 Å². The average Bonchev–Trinajstić information content (AvgIpc) is 2.92. The fourth-order valence-electron chi connectivity index (χ4n) is 2.87. The van der Waals surface area contributed by atoms with E-state index >= 15 is 0 Å². The molecule has 2 aromatic rings. The molecule has 134 valence electrons. The van der Waals surface area contributed by atoms with Gasteiger partial charge in [0.2, 0.25) is 0 Å². The standard InChI is InChI=1S/C20H24O5/c21-14-20(15-23-11-16-7-3-1-4-8-16)19(18(22)13-25-20)24-12-17-9-5-2-6-10-17/h1-10,18-19,21-22H,11-15H2/t18-,19?,20+/m1/s1/i13T/t13-,18+,19?,20-/m0. The second kappa shape index (κ2) is 8.56. The Kier molecular flexibility index (Phi) is 5.71. The van der Waals surface area contributed by atoms with E-state index in [2.05, 4.69) is 0 Å². The van der Waals surface area contributed by atoms with Crippen LogP contribution in [-0.4, -0.2) is 47.8 Å². The van der Waals surface area contributed by atoms with E-state index in [9.17, 15) is 10.2 Å². The van der Waals surface area contributed by atoms with Crippen LogP contribution in [0.25, 0.3) is 0 Å². The molecule has 25 heavy (non-hydrogen) atoms. The minimum absolute atomic E-state index is 0.0181. The molecule has 0 aromatic heterocycles. The van der Waals surface area contributed by atoms with Crippen LogP contribution in [0.4, 0.5) is 0 Å². The molecular formula is C20H24O5. The van der Waals surface area contributed by atoms with Crippen molar-refractivity contribution in [2.75, 3.05) is 19.8 Å². The van der Waals surface area contributed by atoms with Gasteiger partial charge in [0, 0.05) is 0 Å². The highest BCUT2D eigenvalue weighted by Crippen LogP contribution is 2.30. The molecule has 0 radical (unpaired) electrons. The molecule has 1 fully saturated rings. The van der Waals surface area contributed by atoms with Crippen molar-refractivity contribution < 1.29 is 25.8 Å². The van der Waals surface area contributed by atoms with E-state index < -0.39 is 31.0 Å². The zero-order valence-electron chi connectivity index (χ0n) is 15.0. The van der Waals surface area contributed by atoms with Gasteiger partial charge in [-0.3, -0.25) is 0 Å². The number of rotatable bonds is 8. The fraction of sp³-hybridized carbons (Fsp3) is 0.400. The van der Waals surface area contributed by atoms with Gasteiger partial charge in [-0.05, 0) is 11.1 Å². The summed E-state index contributed by atoms with van der Waals surface area (Å²) in [6.07, 6.45) is -2.02. The smallest absolute Gasteiger partial charge is 0.143 e.